The van der Waals surface area contributed by atoms with Gasteiger partial charge in [0, 0.05) is 29.7 Å². The zero-order valence-corrected chi connectivity index (χ0v) is 22.8. The van der Waals surface area contributed by atoms with Gasteiger partial charge in [0.25, 0.3) is 0 Å². The molecule has 0 unspecified atom stereocenters. The highest BCUT2D eigenvalue weighted by Crippen LogP contribution is 2.32. The number of nitrogens with zero attached hydrogens (tertiary/aromatic N) is 2. The van der Waals surface area contributed by atoms with Gasteiger partial charge in [-0.3, -0.25) is 0 Å². The molecule has 5 nitrogen and oxygen atoms in total. The summed E-state index contributed by atoms with van der Waals surface area (Å²) in [4.78, 5) is 2.81. The number of ether oxygens (including phenoxy) is 1. The zero-order chi connectivity index (χ0) is 23.8. The lowest BCUT2D eigenvalue weighted by Gasteiger charge is -2.34. The van der Waals surface area contributed by atoms with Crippen LogP contribution in [0.15, 0.2) is 53.4 Å². The first-order chi connectivity index (χ1) is 16.5. The average molecular weight is 542 g/mol. The summed E-state index contributed by atoms with van der Waals surface area (Å²) >= 11 is 6.02. The Hall–Kier alpha value is -1.31. The van der Waals surface area contributed by atoms with Crippen LogP contribution in [0.2, 0.25) is 5.02 Å². The fourth-order valence-corrected chi connectivity index (χ4v) is 6.91. The fraction of sp³-hybridized carbons (Fsp3) is 0.556. The van der Waals surface area contributed by atoms with Crippen LogP contribution >= 0.6 is 24.0 Å². The molecule has 194 valence electrons. The molecule has 1 heterocycles. The number of benzene rings is 2. The SMILES string of the molecule is Cl.O=S(=O)(c1ccc(Cl)cc1)N(Cc1ccccc1OCCCN1CCCCC1)C1CCCCC1. The van der Waals surface area contributed by atoms with Gasteiger partial charge in [-0.05, 0) is 75.5 Å². The molecule has 2 aromatic carbocycles. The van der Waals surface area contributed by atoms with Gasteiger partial charge in [0.05, 0.1) is 11.5 Å². The molecule has 0 aromatic heterocycles. The van der Waals surface area contributed by atoms with Crippen molar-refractivity contribution in [3.63, 3.8) is 0 Å². The lowest BCUT2D eigenvalue weighted by Crippen LogP contribution is -2.41. The molecular formula is C27H38Cl2N2O3S. The van der Waals surface area contributed by atoms with Crippen molar-refractivity contribution >= 4 is 34.0 Å². The number of sulfonamides is 1. The van der Waals surface area contributed by atoms with E-state index in [0.717, 1.165) is 50.0 Å². The second kappa shape index (κ2) is 13.8. The van der Waals surface area contributed by atoms with Gasteiger partial charge in [0.2, 0.25) is 10.0 Å². The van der Waals surface area contributed by atoms with Crippen molar-refractivity contribution in [1.82, 2.24) is 9.21 Å². The van der Waals surface area contributed by atoms with Gasteiger partial charge in [-0.1, -0.05) is 55.5 Å². The number of halogens is 2. The molecule has 0 bridgehead atoms. The average Bonchev–Trinajstić information content (AvgIpc) is 2.87. The minimum Gasteiger partial charge on any atom is -0.493 e. The summed E-state index contributed by atoms with van der Waals surface area (Å²) in [6.45, 7) is 4.39. The molecule has 2 fully saturated rings. The Morgan fingerprint density at radius 2 is 1.57 bits per heavy atom. The minimum atomic E-state index is -3.66. The first-order valence-corrected chi connectivity index (χ1v) is 14.6. The van der Waals surface area contributed by atoms with Gasteiger partial charge in [-0.2, -0.15) is 4.31 Å². The summed E-state index contributed by atoms with van der Waals surface area (Å²) in [7, 11) is -3.66. The molecule has 1 aliphatic carbocycles. The molecular weight excluding hydrogens is 503 g/mol. The summed E-state index contributed by atoms with van der Waals surface area (Å²) in [5.74, 6) is 0.785. The van der Waals surface area contributed by atoms with Crippen molar-refractivity contribution in [1.29, 1.82) is 0 Å². The van der Waals surface area contributed by atoms with E-state index < -0.39 is 10.0 Å². The summed E-state index contributed by atoms with van der Waals surface area (Å²) in [5.41, 5.74) is 0.920. The van der Waals surface area contributed by atoms with E-state index in [2.05, 4.69) is 4.90 Å². The molecule has 0 atom stereocenters. The van der Waals surface area contributed by atoms with Crippen LogP contribution in [-0.2, 0) is 16.6 Å². The van der Waals surface area contributed by atoms with Crippen LogP contribution in [-0.4, -0.2) is 49.9 Å². The first kappa shape index (κ1) is 28.3. The van der Waals surface area contributed by atoms with Crippen LogP contribution in [0.4, 0.5) is 0 Å². The smallest absolute Gasteiger partial charge is 0.243 e. The van der Waals surface area contributed by atoms with Crippen LogP contribution in [0.5, 0.6) is 5.75 Å². The molecule has 1 saturated carbocycles. The molecule has 4 rings (SSSR count). The van der Waals surface area contributed by atoms with E-state index in [-0.39, 0.29) is 18.4 Å². The zero-order valence-electron chi connectivity index (χ0n) is 20.4. The van der Waals surface area contributed by atoms with Crippen LogP contribution < -0.4 is 4.74 Å². The number of likely N-dealkylation sites (tertiary alicyclic amines) is 1. The van der Waals surface area contributed by atoms with Gasteiger partial charge in [0.1, 0.15) is 5.75 Å². The highest BCUT2D eigenvalue weighted by molar-refractivity contribution is 7.89. The van der Waals surface area contributed by atoms with Crippen molar-refractivity contribution in [2.75, 3.05) is 26.2 Å². The number of para-hydroxylation sites is 1. The number of hydrogen-bond donors (Lipinski definition) is 0. The van der Waals surface area contributed by atoms with Crippen molar-refractivity contribution in [2.24, 2.45) is 0 Å². The second-order valence-corrected chi connectivity index (χ2v) is 11.8. The lowest BCUT2D eigenvalue weighted by molar-refractivity contribution is 0.203. The van der Waals surface area contributed by atoms with Gasteiger partial charge in [0.15, 0.2) is 0 Å². The lowest BCUT2D eigenvalue weighted by atomic mass is 9.95. The molecule has 35 heavy (non-hydrogen) atoms. The fourth-order valence-electron chi connectivity index (χ4n) is 5.12. The van der Waals surface area contributed by atoms with Gasteiger partial charge in [-0.25, -0.2) is 8.42 Å². The molecule has 0 amide bonds. The normalized spacial score (nSPS) is 17.8. The molecule has 2 aromatic rings. The van der Waals surface area contributed by atoms with Crippen molar-refractivity contribution in [2.45, 2.75) is 75.3 Å². The topological polar surface area (TPSA) is 49.9 Å². The molecule has 0 radical (unpaired) electrons. The quantitative estimate of drug-likeness (QED) is 0.321. The van der Waals surface area contributed by atoms with Crippen molar-refractivity contribution < 1.29 is 13.2 Å². The van der Waals surface area contributed by atoms with E-state index in [1.165, 1.54) is 38.8 Å². The Morgan fingerprint density at radius 1 is 0.914 bits per heavy atom. The van der Waals surface area contributed by atoms with E-state index in [1.54, 1.807) is 28.6 Å². The Balaban J connectivity index is 0.00000342. The van der Waals surface area contributed by atoms with Gasteiger partial charge in [-0.15, -0.1) is 12.4 Å². The molecule has 2 aliphatic rings. The molecule has 1 saturated heterocycles. The maximum absolute atomic E-state index is 13.7. The summed E-state index contributed by atoms with van der Waals surface area (Å²) in [6.07, 6.45) is 9.99. The third kappa shape index (κ3) is 7.83. The van der Waals surface area contributed by atoms with E-state index in [4.69, 9.17) is 16.3 Å². The van der Waals surface area contributed by atoms with Crippen molar-refractivity contribution in [3.05, 3.63) is 59.1 Å². The summed E-state index contributed by atoms with van der Waals surface area (Å²) < 4.78 is 35.3. The summed E-state index contributed by atoms with van der Waals surface area (Å²) in [5, 5.41) is 0.534. The Labute approximate surface area is 222 Å². The number of piperidine rings is 1. The van der Waals surface area contributed by atoms with E-state index in [0.29, 0.717) is 23.1 Å². The monoisotopic (exact) mass is 540 g/mol. The van der Waals surface area contributed by atoms with Crippen LogP contribution in [0.25, 0.3) is 0 Å². The second-order valence-electron chi connectivity index (χ2n) is 9.51. The standard InChI is InChI=1S/C27H37ClN2O3S.ClH/c28-24-14-16-26(17-15-24)34(31,32)30(25-11-3-1-4-12-25)22-23-10-5-6-13-27(23)33-21-9-20-29-18-7-2-8-19-29;/h5-6,10,13-17,25H,1-4,7-9,11-12,18-22H2;1H. The Bertz CT molecular complexity index is 1010. The van der Waals surface area contributed by atoms with Crippen LogP contribution in [0.3, 0.4) is 0 Å². The maximum Gasteiger partial charge on any atom is 0.243 e. The maximum atomic E-state index is 13.7. The first-order valence-electron chi connectivity index (χ1n) is 12.7. The van der Waals surface area contributed by atoms with Crippen molar-refractivity contribution in [3.8, 4) is 5.75 Å². The highest BCUT2D eigenvalue weighted by Gasteiger charge is 2.33. The largest absolute Gasteiger partial charge is 0.493 e. The number of hydrogen-bond acceptors (Lipinski definition) is 4. The predicted molar refractivity (Wildman–Crippen MR) is 145 cm³/mol. The highest BCUT2D eigenvalue weighted by atomic mass is 35.5. The van der Waals surface area contributed by atoms with Crippen LogP contribution in [0, 0.1) is 0 Å². The summed E-state index contributed by atoms with van der Waals surface area (Å²) in [6, 6.07) is 14.4. The molecule has 0 N–H and O–H groups in total. The Kier molecular flexibility index (Phi) is 11.2. The number of rotatable bonds is 10. The van der Waals surface area contributed by atoms with E-state index in [9.17, 15) is 8.42 Å². The Morgan fingerprint density at radius 3 is 2.29 bits per heavy atom. The van der Waals surface area contributed by atoms with E-state index >= 15 is 0 Å². The molecule has 0 spiro atoms. The third-order valence-corrected chi connectivity index (χ3v) is 9.19. The molecule has 1 aliphatic heterocycles. The van der Waals surface area contributed by atoms with Gasteiger partial charge >= 0.3 is 0 Å². The minimum absolute atomic E-state index is 0. The predicted octanol–water partition coefficient (Wildman–Crippen LogP) is 6.54. The van der Waals surface area contributed by atoms with Crippen LogP contribution in [0.1, 0.15) is 63.4 Å². The molecule has 8 heteroatoms. The van der Waals surface area contributed by atoms with E-state index in [1.807, 2.05) is 24.3 Å². The third-order valence-electron chi connectivity index (χ3n) is 7.03. The van der Waals surface area contributed by atoms with Gasteiger partial charge < -0.3 is 9.64 Å².